The minimum Gasteiger partial charge on any atom is -0.254 e. The minimum atomic E-state index is -4.13. The van der Waals surface area contributed by atoms with E-state index in [0.29, 0.717) is 6.42 Å². The van der Waals surface area contributed by atoms with Crippen LogP contribution in [0.25, 0.3) is 10.4 Å². The van der Waals surface area contributed by atoms with Gasteiger partial charge >= 0.3 is 10.3 Å². The summed E-state index contributed by atoms with van der Waals surface area (Å²) in [6.07, 6.45) is 2.10. The fraction of sp³-hybridized carbons (Fsp3) is 1.00. The lowest BCUT2D eigenvalue weighted by Gasteiger charge is -2.30. The van der Waals surface area contributed by atoms with Gasteiger partial charge < -0.3 is 0 Å². The van der Waals surface area contributed by atoms with Crippen LogP contribution < -0.4 is 4.72 Å². The SMILES string of the molecule is CCCCC(NS(=O)(=O)OCC(Cl)(Cl)Cl)C(C)(C)N=[N+]=[N-]. The highest BCUT2D eigenvalue weighted by molar-refractivity contribution is 7.84. The summed E-state index contributed by atoms with van der Waals surface area (Å²) in [4.78, 5) is 2.74. The van der Waals surface area contributed by atoms with Crippen LogP contribution in [-0.2, 0) is 14.5 Å². The van der Waals surface area contributed by atoms with E-state index in [1.54, 1.807) is 13.8 Å². The molecule has 0 spiro atoms. The third-order valence-electron chi connectivity index (χ3n) is 2.67. The molecule has 0 amide bonds. The Morgan fingerprint density at radius 2 is 1.95 bits per heavy atom. The number of halogens is 3. The first-order valence-electron chi connectivity index (χ1n) is 6.23. The molecule has 0 heterocycles. The summed E-state index contributed by atoms with van der Waals surface area (Å²) in [6.45, 7) is 4.61. The molecule has 1 unspecified atom stereocenters. The van der Waals surface area contributed by atoms with Gasteiger partial charge in [-0.25, -0.2) is 0 Å². The smallest absolute Gasteiger partial charge is 0.254 e. The summed E-state index contributed by atoms with van der Waals surface area (Å²) in [5, 5.41) is 3.62. The maximum atomic E-state index is 11.9. The van der Waals surface area contributed by atoms with E-state index >= 15 is 0 Å². The predicted octanol–water partition coefficient (Wildman–Crippen LogP) is 3.86. The zero-order chi connectivity index (χ0) is 16.7. The van der Waals surface area contributed by atoms with Gasteiger partial charge in [0.2, 0.25) is 3.79 Å². The average Bonchev–Trinajstić information content (AvgIpc) is 2.31. The molecule has 0 saturated carbocycles. The van der Waals surface area contributed by atoms with Crippen molar-refractivity contribution in [1.29, 1.82) is 0 Å². The Labute approximate surface area is 140 Å². The molecule has 0 radical (unpaired) electrons. The Kier molecular flexibility index (Phi) is 8.64. The molecule has 7 nitrogen and oxygen atoms in total. The Balaban J connectivity index is 4.99. The summed E-state index contributed by atoms with van der Waals surface area (Å²) in [5.74, 6) is 0. The van der Waals surface area contributed by atoms with E-state index in [4.69, 9.17) is 40.3 Å². The summed E-state index contributed by atoms with van der Waals surface area (Å²) in [7, 11) is -4.13. The molecule has 0 aliphatic carbocycles. The molecule has 0 bridgehead atoms. The van der Waals surface area contributed by atoms with Crippen LogP contribution in [0.4, 0.5) is 0 Å². The zero-order valence-corrected chi connectivity index (χ0v) is 15.1. The van der Waals surface area contributed by atoms with E-state index in [1.807, 2.05) is 6.92 Å². The standard InChI is InChI=1S/C10H19Cl3N4O3S/c1-4-5-6-8(9(2,3)16-17-14)15-21(18,19)20-7-10(11,12)13/h8,15H,4-7H2,1-3H3. The topological polar surface area (TPSA) is 104 Å². The Hall–Kier alpha value is 0.0500. The Morgan fingerprint density at radius 3 is 2.38 bits per heavy atom. The largest absolute Gasteiger partial charge is 0.336 e. The molecular formula is C10H19Cl3N4O3S. The third-order valence-corrected chi connectivity index (χ3v) is 3.99. The molecule has 124 valence electrons. The number of nitrogens with zero attached hydrogens (tertiary/aromatic N) is 3. The van der Waals surface area contributed by atoms with Gasteiger partial charge in [-0.2, -0.15) is 13.1 Å². The van der Waals surface area contributed by atoms with Crippen molar-refractivity contribution in [1.82, 2.24) is 4.72 Å². The number of alkyl halides is 3. The molecule has 0 aromatic heterocycles. The van der Waals surface area contributed by atoms with E-state index in [1.165, 1.54) is 0 Å². The summed E-state index contributed by atoms with van der Waals surface area (Å²) in [6, 6.07) is -0.631. The fourth-order valence-corrected chi connectivity index (χ4v) is 3.01. The first-order chi connectivity index (χ1) is 9.43. The van der Waals surface area contributed by atoms with Crippen LogP contribution in [0.5, 0.6) is 0 Å². The molecule has 0 rings (SSSR count). The molecule has 0 aliphatic heterocycles. The van der Waals surface area contributed by atoms with E-state index in [-0.39, 0.29) is 0 Å². The van der Waals surface area contributed by atoms with Crippen molar-refractivity contribution >= 4 is 45.1 Å². The molecule has 0 saturated heterocycles. The molecule has 1 atom stereocenters. The highest BCUT2D eigenvalue weighted by Crippen LogP contribution is 2.27. The molecular weight excluding hydrogens is 363 g/mol. The quantitative estimate of drug-likeness (QED) is 0.284. The van der Waals surface area contributed by atoms with E-state index in [9.17, 15) is 8.42 Å². The molecule has 0 aromatic rings. The highest BCUT2D eigenvalue weighted by atomic mass is 35.6. The number of hydrogen-bond acceptors (Lipinski definition) is 4. The second kappa shape index (κ2) is 8.62. The lowest BCUT2D eigenvalue weighted by molar-refractivity contribution is 0.291. The third kappa shape index (κ3) is 9.63. The summed E-state index contributed by atoms with van der Waals surface area (Å²) < 4.78 is 28.8. The van der Waals surface area contributed by atoms with Crippen molar-refractivity contribution in [3.8, 4) is 0 Å². The van der Waals surface area contributed by atoms with Crippen molar-refractivity contribution in [3.63, 3.8) is 0 Å². The van der Waals surface area contributed by atoms with Crippen LogP contribution in [-0.4, -0.2) is 30.4 Å². The van der Waals surface area contributed by atoms with Gasteiger partial charge in [0.15, 0.2) is 0 Å². The highest BCUT2D eigenvalue weighted by Gasteiger charge is 2.33. The number of azide groups is 1. The fourth-order valence-electron chi connectivity index (χ4n) is 1.50. The lowest BCUT2D eigenvalue weighted by atomic mass is 9.92. The Morgan fingerprint density at radius 1 is 1.38 bits per heavy atom. The number of unbranched alkanes of at least 4 members (excludes halogenated alkanes) is 1. The van der Waals surface area contributed by atoms with E-state index in [0.717, 1.165) is 12.8 Å². The van der Waals surface area contributed by atoms with Gasteiger partial charge in [-0.1, -0.05) is 73.5 Å². The van der Waals surface area contributed by atoms with Crippen LogP contribution in [0, 0.1) is 0 Å². The Bertz CT molecular complexity index is 472. The molecule has 0 fully saturated rings. The number of nitrogens with one attached hydrogen (secondary N) is 1. The maximum absolute atomic E-state index is 11.9. The first kappa shape index (κ1) is 21.0. The molecule has 0 aromatic carbocycles. The van der Waals surface area contributed by atoms with Gasteiger partial charge in [0, 0.05) is 11.0 Å². The lowest BCUT2D eigenvalue weighted by Crippen LogP contribution is -2.48. The van der Waals surface area contributed by atoms with Crippen LogP contribution in [0.2, 0.25) is 0 Å². The van der Waals surface area contributed by atoms with Crippen molar-refractivity contribution in [3.05, 3.63) is 10.4 Å². The summed E-state index contributed by atoms with van der Waals surface area (Å²) >= 11 is 16.3. The van der Waals surface area contributed by atoms with Gasteiger partial charge in [-0.05, 0) is 12.0 Å². The van der Waals surface area contributed by atoms with Crippen molar-refractivity contribution in [2.75, 3.05) is 6.61 Å². The van der Waals surface area contributed by atoms with Crippen LogP contribution in [0.1, 0.15) is 40.0 Å². The maximum Gasteiger partial charge on any atom is 0.336 e. The predicted molar refractivity (Wildman–Crippen MR) is 84.8 cm³/mol. The average molecular weight is 382 g/mol. The molecule has 11 heteroatoms. The minimum absolute atomic E-state index is 0.485. The number of hydrogen-bond donors (Lipinski definition) is 1. The first-order valence-corrected chi connectivity index (χ1v) is 8.77. The molecule has 1 N–H and O–H groups in total. The summed E-state index contributed by atoms with van der Waals surface area (Å²) in [5.41, 5.74) is 7.62. The number of rotatable bonds is 9. The van der Waals surface area contributed by atoms with Gasteiger partial charge in [0.1, 0.15) is 6.61 Å². The monoisotopic (exact) mass is 380 g/mol. The van der Waals surface area contributed by atoms with E-state index in [2.05, 4.69) is 18.9 Å². The molecule has 21 heavy (non-hydrogen) atoms. The van der Waals surface area contributed by atoms with Gasteiger partial charge in [-0.15, -0.1) is 0 Å². The van der Waals surface area contributed by atoms with Gasteiger partial charge in [0.05, 0.1) is 5.54 Å². The van der Waals surface area contributed by atoms with Gasteiger partial charge in [0.25, 0.3) is 0 Å². The van der Waals surface area contributed by atoms with Crippen LogP contribution in [0.3, 0.4) is 0 Å². The van der Waals surface area contributed by atoms with Crippen molar-refractivity contribution < 1.29 is 12.6 Å². The second-order valence-corrected chi connectivity index (χ2v) is 8.88. The van der Waals surface area contributed by atoms with Gasteiger partial charge in [-0.3, -0.25) is 4.18 Å². The molecule has 0 aliphatic rings. The van der Waals surface area contributed by atoms with Crippen molar-refractivity contribution in [2.24, 2.45) is 5.11 Å². The van der Waals surface area contributed by atoms with E-state index < -0.39 is 32.3 Å². The second-order valence-electron chi connectivity index (χ2n) is 4.99. The normalized spacial score (nSPS) is 14.6. The van der Waals surface area contributed by atoms with Crippen molar-refractivity contribution in [2.45, 2.75) is 55.4 Å². The van der Waals surface area contributed by atoms with Crippen LogP contribution >= 0.6 is 34.8 Å². The van der Waals surface area contributed by atoms with Crippen LogP contribution in [0.15, 0.2) is 5.11 Å². The zero-order valence-electron chi connectivity index (χ0n) is 12.0.